The van der Waals surface area contributed by atoms with Crippen molar-refractivity contribution in [3.63, 3.8) is 0 Å². The molecule has 1 atom stereocenters. The number of aliphatic imine (C=N–C) groups is 1. The van der Waals surface area contributed by atoms with Gasteiger partial charge in [0.2, 0.25) is 0 Å². The van der Waals surface area contributed by atoms with Crippen LogP contribution in [0, 0.1) is 5.92 Å². The summed E-state index contributed by atoms with van der Waals surface area (Å²) in [6, 6.07) is 9.02. The molecule has 1 nitrogen and oxygen atoms in total. The maximum Gasteiger partial charge on any atom is 0.393 e. The van der Waals surface area contributed by atoms with Crippen molar-refractivity contribution in [1.29, 1.82) is 0 Å². The molecular weight excluding hydrogens is 203 g/mol. The Morgan fingerprint density at radius 3 is 2.33 bits per heavy atom. The first-order valence-corrected chi connectivity index (χ1v) is 4.73. The van der Waals surface area contributed by atoms with Crippen molar-refractivity contribution in [2.24, 2.45) is 10.9 Å². The van der Waals surface area contributed by atoms with Gasteiger partial charge < -0.3 is 0 Å². The molecule has 0 saturated carbocycles. The lowest BCUT2D eigenvalue weighted by molar-refractivity contribution is -0.167. The highest BCUT2D eigenvalue weighted by Gasteiger charge is 2.42. The number of rotatable bonds is 1. The predicted octanol–water partition coefficient (Wildman–Crippen LogP) is 3.06. The first-order chi connectivity index (χ1) is 7.07. The van der Waals surface area contributed by atoms with E-state index in [4.69, 9.17) is 0 Å². The summed E-state index contributed by atoms with van der Waals surface area (Å²) in [5.74, 6) is -1.30. The van der Waals surface area contributed by atoms with Crippen LogP contribution < -0.4 is 0 Å². The van der Waals surface area contributed by atoms with Gasteiger partial charge in [0.25, 0.3) is 0 Å². The van der Waals surface area contributed by atoms with Gasteiger partial charge in [-0.15, -0.1) is 0 Å². The number of halogens is 3. The second-order valence-electron chi connectivity index (χ2n) is 3.60. The Kier molecular flexibility index (Phi) is 2.50. The number of benzene rings is 1. The zero-order valence-electron chi connectivity index (χ0n) is 7.96. The number of alkyl halides is 3. The molecule has 15 heavy (non-hydrogen) atoms. The maximum atomic E-state index is 12.4. The number of hydrogen-bond acceptors (Lipinski definition) is 1. The summed E-state index contributed by atoms with van der Waals surface area (Å²) in [7, 11) is 0. The van der Waals surface area contributed by atoms with Gasteiger partial charge in [0.1, 0.15) is 0 Å². The molecule has 0 N–H and O–H groups in total. The van der Waals surface area contributed by atoms with Crippen LogP contribution in [-0.2, 0) is 0 Å². The Balaban J connectivity index is 2.11. The molecule has 0 unspecified atom stereocenters. The van der Waals surface area contributed by atoms with Crippen LogP contribution in [0.1, 0.15) is 12.0 Å². The van der Waals surface area contributed by atoms with E-state index in [0.29, 0.717) is 5.71 Å². The zero-order valence-corrected chi connectivity index (χ0v) is 7.96. The van der Waals surface area contributed by atoms with E-state index >= 15 is 0 Å². The molecule has 0 amide bonds. The summed E-state index contributed by atoms with van der Waals surface area (Å²) in [6.07, 6.45) is -4.12. The second-order valence-corrected chi connectivity index (χ2v) is 3.60. The van der Waals surface area contributed by atoms with Gasteiger partial charge in [-0.3, -0.25) is 4.99 Å². The Hall–Kier alpha value is -1.32. The molecule has 0 saturated heterocycles. The molecule has 1 aliphatic heterocycles. The Labute approximate surface area is 85.6 Å². The molecule has 1 aromatic rings. The van der Waals surface area contributed by atoms with E-state index in [-0.39, 0.29) is 13.0 Å². The highest BCUT2D eigenvalue weighted by molar-refractivity contribution is 6.01. The van der Waals surface area contributed by atoms with Crippen LogP contribution in [0.25, 0.3) is 0 Å². The van der Waals surface area contributed by atoms with Crippen LogP contribution in [0.5, 0.6) is 0 Å². The molecule has 0 radical (unpaired) electrons. The third kappa shape index (κ3) is 2.19. The fraction of sp³-hybridized carbons (Fsp3) is 0.364. The van der Waals surface area contributed by atoms with Gasteiger partial charge in [-0.05, 0) is 5.56 Å². The largest absolute Gasteiger partial charge is 0.393 e. The van der Waals surface area contributed by atoms with E-state index in [1.165, 1.54) is 0 Å². The Morgan fingerprint density at radius 2 is 1.80 bits per heavy atom. The van der Waals surface area contributed by atoms with Crippen molar-refractivity contribution in [3.05, 3.63) is 35.9 Å². The number of hydrogen-bond donors (Lipinski definition) is 0. The summed E-state index contributed by atoms with van der Waals surface area (Å²) in [5.41, 5.74) is 1.36. The summed E-state index contributed by atoms with van der Waals surface area (Å²) in [5, 5.41) is 0. The quantitative estimate of drug-likeness (QED) is 0.679. The van der Waals surface area contributed by atoms with E-state index in [9.17, 15) is 13.2 Å². The fourth-order valence-electron chi connectivity index (χ4n) is 1.64. The SMILES string of the molecule is FC(F)(F)[C@@H]1CN=C(c2ccccc2)C1. The van der Waals surface area contributed by atoms with Crippen molar-refractivity contribution < 1.29 is 13.2 Å². The molecule has 0 spiro atoms. The van der Waals surface area contributed by atoms with Crippen molar-refractivity contribution >= 4 is 5.71 Å². The first-order valence-electron chi connectivity index (χ1n) is 4.73. The van der Waals surface area contributed by atoms with Crippen molar-refractivity contribution in [2.75, 3.05) is 6.54 Å². The summed E-state index contributed by atoms with van der Waals surface area (Å²) in [6.45, 7) is -0.131. The minimum absolute atomic E-state index is 0.00745. The lowest BCUT2D eigenvalue weighted by Crippen LogP contribution is -2.23. The highest BCUT2D eigenvalue weighted by atomic mass is 19.4. The smallest absolute Gasteiger partial charge is 0.288 e. The molecule has 0 fully saturated rings. The normalized spacial score (nSPS) is 21.5. The maximum absolute atomic E-state index is 12.4. The third-order valence-electron chi connectivity index (χ3n) is 2.51. The average Bonchev–Trinajstić information content (AvgIpc) is 2.67. The van der Waals surface area contributed by atoms with Crippen LogP contribution in [0.15, 0.2) is 35.3 Å². The standard InChI is InChI=1S/C11H10F3N/c12-11(13,14)9-6-10(15-7-9)8-4-2-1-3-5-8/h1-5,9H,6-7H2/t9-/m0/s1. The van der Waals surface area contributed by atoms with Crippen LogP contribution in [0.3, 0.4) is 0 Å². The Bertz CT molecular complexity index is 367. The Morgan fingerprint density at radius 1 is 1.13 bits per heavy atom. The molecular formula is C11H10F3N. The number of nitrogens with zero attached hydrogens (tertiary/aromatic N) is 1. The van der Waals surface area contributed by atoms with Gasteiger partial charge in [-0.2, -0.15) is 13.2 Å². The molecule has 0 bridgehead atoms. The molecule has 4 heteroatoms. The summed E-state index contributed by atoms with van der Waals surface area (Å²) < 4.78 is 37.1. The van der Waals surface area contributed by atoms with Crippen LogP contribution >= 0.6 is 0 Å². The van der Waals surface area contributed by atoms with E-state index in [1.54, 1.807) is 24.3 Å². The van der Waals surface area contributed by atoms with E-state index in [0.717, 1.165) is 5.56 Å². The second kappa shape index (κ2) is 3.68. The third-order valence-corrected chi connectivity index (χ3v) is 2.51. The monoisotopic (exact) mass is 213 g/mol. The highest BCUT2D eigenvalue weighted by Crippen LogP contribution is 2.33. The fourth-order valence-corrected chi connectivity index (χ4v) is 1.64. The van der Waals surface area contributed by atoms with Gasteiger partial charge in [-0.1, -0.05) is 30.3 Å². The molecule has 1 aliphatic rings. The zero-order chi connectivity index (χ0) is 10.9. The van der Waals surface area contributed by atoms with E-state index in [1.807, 2.05) is 6.07 Å². The van der Waals surface area contributed by atoms with Crippen molar-refractivity contribution in [3.8, 4) is 0 Å². The van der Waals surface area contributed by atoms with Crippen molar-refractivity contribution in [2.45, 2.75) is 12.6 Å². The molecule has 0 aliphatic carbocycles. The van der Waals surface area contributed by atoms with Gasteiger partial charge in [-0.25, -0.2) is 0 Å². The average molecular weight is 213 g/mol. The minimum atomic E-state index is -4.12. The van der Waals surface area contributed by atoms with Gasteiger partial charge >= 0.3 is 6.18 Å². The lowest BCUT2D eigenvalue weighted by atomic mass is 10.0. The van der Waals surface area contributed by atoms with Crippen LogP contribution in [0.4, 0.5) is 13.2 Å². The first kappa shape index (κ1) is 10.2. The molecule has 2 rings (SSSR count). The van der Waals surface area contributed by atoms with Gasteiger partial charge in [0, 0.05) is 12.1 Å². The summed E-state index contributed by atoms with van der Waals surface area (Å²) >= 11 is 0. The van der Waals surface area contributed by atoms with E-state index < -0.39 is 12.1 Å². The predicted molar refractivity (Wildman–Crippen MR) is 52.0 cm³/mol. The lowest BCUT2D eigenvalue weighted by Gasteiger charge is -2.12. The minimum Gasteiger partial charge on any atom is -0.288 e. The van der Waals surface area contributed by atoms with E-state index in [2.05, 4.69) is 4.99 Å². The van der Waals surface area contributed by atoms with Crippen molar-refractivity contribution in [1.82, 2.24) is 0 Å². The van der Waals surface area contributed by atoms with Gasteiger partial charge in [0.15, 0.2) is 0 Å². The molecule has 1 heterocycles. The summed E-state index contributed by atoms with van der Waals surface area (Å²) in [4.78, 5) is 3.95. The molecule has 80 valence electrons. The van der Waals surface area contributed by atoms with Gasteiger partial charge in [0.05, 0.1) is 12.5 Å². The molecule has 0 aromatic heterocycles. The van der Waals surface area contributed by atoms with Crippen LogP contribution in [0.2, 0.25) is 0 Å². The topological polar surface area (TPSA) is 12.4 Å². The van der Waals surface area contributed by atoms with Crippen LogP contribution in [-0.4, -0.2) is 18.4 Å². The molecule has 1 aromatic carbocycles.